The number of aromatic amines is 1. The maximum Gasteiger partial charge on any atom is 0.326 e. The summed E-state index contributed by atoms with van der Waals surface area (Å²) in [4.78, 5) is 55.4. The summed E-state index contributed by atoms with van der Waals surface area (Å²) in [6.07, 6.45) is 2.76. The second kappa shape index (κ2) is 7.18. The highest BCUT2D eigenvalue weighted by Crippen LogP contribution is 2.22. The maximum atomic E-state index is 12.2. The van der Waals surface area contributed by atoms with Gasteiger partial charge >= 0.3 is 5.97 Å². The van der Waals surface area contributed by atoms with Gasteiger partial charge in [0.05, 0.1) is 17.5 Å². The van der Waals surface area contributed by atoms with Gasteiger partial charge < -0.3 is 15.4 Å². The van der Waals surface area contributed by atoms with Gasteiger partial charge in [-0.3, -0.25) is 19.3 Å². The standard InChI is InChI=1S/C17H16N4O5/c22-14(20-13(17(25)26)7-10-8-18-9-19-10)5-6-21-15(23)11-3-1-2-4-12(11)16(21)24/h1-4,8-9,13H,5-7H2,(H,18,19)(H,20,22)(H,25,26)/t13-/m0/s1. The van der Waals surface area contributed by atoms with Gasteiger partial charge in [-0.1, -0.05) is 12.1 Å². The molecule has 1 aliphatic heterocycles. The number of carboxylic acid groups (broad SMARTS) is 1. The number of carbonyl (C=O) groups excluding carboxylic acids is 3. The lowest BCUT2D eigenvalue weighted by molar-refractivity contribution is -0.141. The smallest absolute Gasteiger partial charge is 0.326 e. The van der Waals surface area contributed by atoms with E-state index >= 15 is 0 Å². The van der Waals surface area contributed by atoms with Crippen LogP contribution < -0.4 is 5.32 Å². The molecule has 2 aromatic rings. The van der Waals surface area contributed by atoms with Crippen molar-refractivity contribution in [2.24, 2.45) is 0 Å². The summed E-state index contributed by atoms with van der Waals surface area (Å²) in [5, 5.41) is 11.6. The average molecular weight is 356 g/mol. The Balaban J connectivity index is 1.58. The molecule has 2 heterocycles. The Morgan fingerprint density at radius 1 is 1.19 bits per heavy atom. The number of hydrogen-bond acceptors (Lipinski definition) is 5. The van der Waals surface area contributed by atoms with E-state index in [0.29, 0.717) is 16.8 Å². The molecule has 1 aliphatic rings. The topological polar surface area (TPSA) is 132 Å². The minimum Gasteiger partial charge on any atom is -0.480 e. The van der Waals surface area contributed by atoms with Crippen LogP contribution in [-0.4, -0.2) is 56.3 Å². The Kier molecular flexibility index (Phi) is 4.78. The van der Waals surface area contributed by atoms with Gasteiger partial charge in [-0.15, -0.1) is 0 Å². The van der Waals surface area contributed by atoms with Crippen molar-refractivity contribution < 1.29 is 24.3 Å². The number of benzene rings is 1. The van der Waals surface area contributed by atoms with Crippen LogP contribution in [0, 0.1) is 0 Å². The molecule has 0 spiro atoms. The van der Waals surface area contributed by atoms with E-state index in [1.165, 1.54) is 12.5 Å². The fraction of sp³-hybridized carbons (Fsp3) is 0.235. The molecule has 3 amide bonds. The minimum absolute atomic E-state index is 0.0497. The first-order valence-corrected chi connectivity index (χ1v) is 7.92. The number of amides is 3. The van der Waals surface area contributed by atoms with Crippen molar-refractivity contribution in [3.05, 3.63) is 53.6 Å². The number of imide groups is 1. The molecule has 1 aromatic carbocycles. The third-order valence-corrected chi connectivity index (χ3v) is 4.05. The molecular weight excluding hydrogens is 340 g/mol. The number of carbonyl (C=O) groups is 4. The van der Waals surface area contributed by atoms with Crippen molar-refractivity contribution in [1.29, 1.82) is 0 Å². The second-order valence-corrected chi connectivity index (χ2v) is 5.80. The van der Waals surface area contributed by atoms with Crippen LogP contribution >= 0.6 is 0 Å². The lowest BCUT2D eigenvalue weighted by Crippen LogP contribution is -2.43. The van der Waals surface area contributed by atoms with Gasteiger partial charge in [0, 0.05) is 31.3 Å². The Bertz CT molecular complexity index is 827. The Morgan fingerprint density at radius 2 is 1.85 bits per heavy atom. The molecule has 26 heavy (non-hydrogen) atoms. The molecule has 0 saturated carbocycles. The zero-order valence-electron chi connectivity index (χ0n) is 13.6. The third kappa shape index (κ3) is 3.46. The fourth-order valence-corrected chi connectivity index (χ4v) is 2.74. The van der Waals surface area contributed by atoms with Crippen LogP contribution in [0.5, 0.6) is 0 Å². The largest absolute Gasteiger partial charge is 0.480 e. The van der Waals surface area contributed by atoms with Gasteiger partial charge in [-0.05, 0) is 12.1 Å². The van der Waals surface area contributed by atoms with Crippen molar-refractivity contribution >= 4 is 23.7 Å². The molecule has 0 bridgehead atoms. The van der Waals surface area contributed by atoms with Crippen molar-refractivity contribution in [3.8, 4) is 0 Å². The van der Waals surface area contributed by atoms with Gasteiger partial charge in [-0.25, -0.2) is 9.78 Å². The molecule has 9 nitrogen and oxygen atoms in total. The molecule has 0 saturated heterocycles. The number of nitrogens with zero attached hydrogens (tertiary/aromatic N) is 2. The van der Waals surface area contributed by atoms with Crippen LogP contribution in [-0.2, 0) is 16.0 Å². The lowest BCUT2D eigenvalue weighted by atomic mass is 10.1. The van der Waals surface area contributed by atoms with E-state index in [-0.39, 0.29) is 19.4 Å². The fourth-order valence-electron chi connectivity index (χ4n) is 2.74. The Morgan fingerprint density at radius 3 is 2.38 bits per heavy atom. The first-order chi connectivity index (χ1) is 12.5. The monoisotopic (exact) mass is 356 g/mol. The molecule has 3 rings (SSSR count). The zero-order chi connectivity index (χ0) is 18.7. The van der Waals surface area contributed by atoms with Crippen molar-refractivity contribution in [1.82, 2.24) is 20.2 Å². The molecule has 134 valence electrons. The van der Waals surface area contributed by atoms with Crippen LogP contribution in [0.1, 0.15) is 32.8 Å². The number of fused-ring (bicyclic) bond motifs is 1. The number of carboxylic acids is 1. The molecule has 0 aliphatic carbocycles. The van der Waals surface area contributed by atoms with E-state index < -0.39 is 29.7 Å². The highest BCUT2D eigenvalue weighted by atomic mass is 16.4. The molecular formula is C17H16N4O5. The number of nitrogens with one attached hydrogen (secondary N) is 2. The number of hydrogen-bond donors (Lipinski definition) is 3. The Labute approximate surface area is 148 Å². The minimum atomic E-state index is -1.19. The van der Waals surface area contributed by atoms with E-state index in [9.17, 15) is 24.3 Å². The summed E-state index contributed by atoms with van der Waals surface area (Å²) in [7, 11) is 0. The predicted molar refractivity (Wildman–Crippen MR) is 88.3 cm³/mol. The normalized spacial score (nSPS) is 14.2. The van der Waals surface area contributed by atoms with Crippen molar-refractivity contribution in [2.45, 2.75) is 18.9 Å². The quantitative estimate of drug-likeness (QED) is 0.608. The van der Waals surface area contributed by atoms with Crippen LogP contribution in [0.15, 0.2) is 36.8 Å². The Hall–Kier alpha value is -3.49. The highest BCUT2D eigenvalue weighted by Gasteiger charge is 2.35. The van der Waals surface area contributed by atoms with Crippen LogP contribution in [0.2, 0.25) is 0 Å². The molecule has 0 radical (unpaired) electrons. The summed E-state index contributed by atoms with van der Waals surface area (Å²) in [6, 6.07) is 5.30. The average Bonchev–Trinajstić information content (AvgIpc) is 3.21. The summed E-state index contributed by atoms with van der Waals surface area (Å²) in [5.74, 6) is -2.65. The van der Waals surface area contributed by atoms with Crippen LogP contribution in [0.3, 0.4) is 0 Å². The van der Waals surface area contributed by atoms with Gasteiger partial charge in [0.15, 0.2) is 0 Å². The zero-order valence-corrected chi connectivity index (χ0v) is 13.6. The SMILES string of the molecule is O=C(CCN1C(=O)c2ccccc2C1=O)N[C@@H](Cc1cnc[nH]1)C(=O)O. The molecule has 9 heteroatoms. The third-order valence-electron chi connectivity index (χ3n) is 4.05. The lowest BCUT2D eigenvalue weighted by Gasteiger charge is -2.16. The van der Waals surface area contributed by atoms with Crippen LogP contribution in [0.4, 0.5) is 0 Å². The molecule has 0 unspecified atom stereocenters. The van der Waals surface area contributed by atoms with E-state index in [4.69, 9.17) is 0 Å². The maximum absolute atomic E-state index is 12.2. The summed E-state index contributed by atoms with van der Waals surface area (Å²) in [5.41, 5.74) is 1.18. The summed E-state index contributed by atoms with van der Waals surface area (Å²) < 4.78 is 0. The summed E-state index contributed by atoms with van der Waals surface area (Å²) >= 11 is 0. The summed E-state index contributed by atoms with van der Waals surface area (Å²) in [6.45, 7) is -0.116. The van der Waals surface area contributed by atoms with Gasteiger partial charge in [-0.2, -0.15) is 0 Å². The van der Waals surface area contributed by atoms with Gasteiger partial charge in [0.2, 0.25) is 5.91 Å². The van der Waals surface area contributed by atoms with E-state index in [0.717, 1.165) is 4.90 Å². The number of H-pyrrole nitrogens is 1. The molecule has 3 N–H and O–H groups in total. The molecule has 0 fully saturated rings. The number of aromatic nitrogens is 2. The second-order valence-electron chi connectivity index (χ2n) is 5.80. The van der Waals surface area contributed by atoms with Crippen molar-refractivity contribution in [3.63, 3.8) is 0 Å². The number of rotatable bonds is 7. The number of imidazole rings is 1. The first-order valence-electron chi connectivity index (χ1n) is 7.92. The van der Waals surface area contributed by atoms with Crippen LogP contribution in [0.25, 0.3) is 0 Å². The van der Waals surface area contributed by atoms with Gasteiger partial charge in [0.25, 0.3) is 11.8 Å². The predicted octanol–water partition coefficient (Wildman–Crippen LogP) is 0.208. The number of aliphatic carboxylic acids is 1. The molecule has 1 aromatic heterocycles. The first kappa shape index (κ1) is 17.3. The highest BCUT2D eigenvalue weighted by molar-refractivity contribution is 6.21. The van der Waals surface area contributed by atoms with E-state index in [2.05, 4.69) is 15.3 Å². The van der Waals surface area contributed by atoms with E-state index in [1.807, 2.05) is 0 Å². The molecule has 1 atom stereocenters. The van der Waals surface area contributed by atoms with Crippen molar-refractivity contribution in [2.75, 3.05) is 6.54 Å². The van der Waals surface area contributed by atoms with Gasteiger partial charge in [0.1, 0.15) is 6.04 Å². The van der Waals surface area contributed by atoms with E-state index in [1.54, 1.807) is 24.3 Å².